The number of pyridine rings is 2. The van der Waals surface area contributed by atoms with E-state index in [1.807, 2.05) is 0 Å². The molecule has 0 saturated heterocycles. The van der Waals surface area contributed by atoms with Crippen molar-refractivity contribution in [2.45, 2.75) is 26.1 Å². The molecule has 0 aromatic carbocycles. The van der Waals surface area contributed by atoms with Gasteiger partial charge in [0, 0.05) is 33.9 Å². The molecule has 1 atom stereocenters. The number of amides is 2. The number of aromatic nitrogens is 2. The number of hydrogen-bond donors (Lipinski definition) is 2. The quantitative estimate of drug-likeness (QED) is 0.140. The number of rotatable bonds is 11. The lowest BCUT2D eigenvalue weighted by molar-refractivity contribution is -0.190. The van der Waals surface area contributed by atoms with Crippen molar-refractivity contribution < 1.29 is 41.7 Å². The number of carbonyl (C=O) groups excluding carboxylic acids is 2. The van der Waals surface area contributed by atoms with E-state index < -0.39 is 47.9 Å². The number of aliphatic hydroxyl groups excluding tert-OH is 1. The van der Waals surface area contributed by atoms with Crippen molar-refractivity contribution in [3.05, 3.63) is 29.7 Å². The van der Waals surface area contributed by atoms with Crippen molar-refractivity contribution in [3.8, 4) is 11.8 Å². The predicted octanol–water partition coefficient (Wildman–Crippen LogP) is 2.49. The molecule has 39 heavy (non-hydrogen) atoms. The summed E-state index contributed by atoms with van der Waals surface area (Å²) in [5.41, 5.74) is -0.157. The summed E-state index contributed by atoms with van der Waals surface area (Å²) in [7, 11) is 5.82. The van der Waals surface area contributed by atoms with Crippen LogP contribution in [0.5, 0.6) is 11.8 Å². The topological polar surface area (TPSA) is 133 Å². The third-order valence-electron chi connectivity index (χ3n) is 5.24. The van der Waals surface area contributed by atoms with Gasteiger partial charge in [-0.25, -0.2) is 14.4 Å². The Hall–Kier alpha value is -4.21. The Labute approximate surface area is 221 Å². The molecular formula is C23H29F4N7O5. The van der Waals surface area contributed by atoms with E-state index in [-0.39, 0.29) is 23.9 Å². The molecule has 2 N–H and O–H groups in total. The van der Waals surface area contributed by atoms with Crippen molar-refractivity contribution in [2.75, 3.05) is 56.6 Å². The summed E-state index contributed by atoms with van der Waals surface area (Å²) in [4.78, 5) is 34.9. The molecule has 0 bridgehead atoms. The maximum absolute atomic E-state index is 15.2. The first-order chi connectivity index (χ1) is 18.3. The SMILES string of the molecule is CCN(C=O)/C(CO)=N\N(C)c1nc(O[C@@H](C)C(F)(F)F)c(C(=O)Nc2c(N(C)C)ccnc2OC)cc1F. The van der Waals surface area contributed by atoms with Gasteiger partial charge < -0.3 is 24.8 Å². The van der Waals surface area contributed by atoms with Gasteiger partial charge in [0.15, 0.2) is 23.6 Å². The molecule has 2 rings (SSSR count). The molecule has 0 aliphatic heterocycles. The van der Waals surface area contributed by atoms with Crippen molar-refractivity contribution in [3.63, 3.8) is 0 Å². The highest BCUT2D eigenvalue weighted by molar-refractivity contribution is 6.08. The Bertz CT molecular complexity index is 1210. The van der Waals surface area contributed by atoms with Gasteiger partial charge in [-0.1, -0.05) is 0 Å². The number of aliphatic hydroxyl groups is 1. The molecule has 0 aliphatic carbocycles. The summed E-state index contributed by atoms with van der Waals surface area (Å²) in [6.07, 6.45) is -5.46. The first-order valence-electron chi connectivity index (χ1n) is 11.4. The van der Waals surface area contributed by atoms with Crippen LogP contribution in [0.2, 0.25) is 0 Å². The number of methoxy groups -OCH3 is 1. The van der Waals surface area contributed by atoms with Gasteiger partial charge in [-0.2, -0.15) is 23.3 Å². The average molecular weight is 560 g/mol. The van der Waals surface area contributed by atoms with Gasteiger partial charge in [-0.05, 0) is 26.0 Å². The van der Waals surface area contributed by atoms with Gasteiger partial charge in [-0.3, -0.25) is 14.5 Å². The lowest BCUT2D eigenvalue weighted by Gasteiger charge is -2.23. The monoisotopic (exact) mass is 559 g/mol. The summed E-state index contributed by atoms with van der Waals surface area (Å²) in [6, 6.07) is 2.18. The van der Waals surface area contributed by atoms with Crippen LogP contribution in [0.3, 0.4) is 0 Å². The van der Waals surface area contributed by atoms with Crippen LogP contribution < -0.4 is 24.7 Å². The van der Waals surface area contributed by atoms with Crippen molar-refractivity contribution >= 4 is 35.3 Å². The highest BCUT2D eigenvalue weighted by Crippen LogP contribution is 2.34. The van der Waals surface area contributed by atoms with Gasteiger partial charge in [0.2, 0.25) is 18.2 Å². The normalized spacial score (nSPS) is 12.4. The van der Waals surface area contributed by atoms with Gasteiger partial charge >= 0.3 is 6.18 Å². The Morgan fingerprint density at radius 3 is 2.46 bits per heavy atom. The molecule has 0 fully saturated rings. The van der Waals surface area contributed by atoms with E-state index in [0.717, 1.165) is 9.91 Å². The highest BCUT2D eigenvalue weighted by atomic mass is 19.4. The number of amidine groups is 1. The first-order valence-corrected chi connectivity index (χ1v) is 11.4. The molecule has 0 unspecified atom stereocenters. The minimum Gasteiger partial charge on any atom is -0.479 e. The number of hydrazone groups is 1. The van der Waals surface area contributed by atoms with Crippen LogP contribution in [0.15, 0.2) is 23.4 Å². The number of carbonyl (C=O) groups is 2. The molecular weight excluding hydrogens is 530 g/mol. The zero-order valence-corrected chi connectivity index (χ0v) is 22.1. The molecule has 214 valence electrons. The molecule has 2 amide bonds. The standard InChI is InChI=1S/C23H29F4N7O5/c1-7-34(12-36)17(11-35)31-33(5)19-15(24)10-14(21(30-19)39-13(2)23(25,26)27)20(37)29-18-16(32(3)4)8-9-28-22(18)38-6/h8-10,12-13,35H,7,11H2,1-6H3,(H,29,37)/b31-17-/t13-/m0/s1. The molecule has 2 aromatic heterocycles. The number of anilines is 3. The molecule has 16 heteroatoms. The van der Waals surface area contributed by atoms with Crippen LogP contribution in [0, 0.1) is 5.82 Å². The molecule has 12 nitrogen and oxygen atoms in total. The van der Waals surface area contributed by atoms with Crippen molar-refractivity contribution in [2.24, 2.45) is 5.10 Å². The molecule has 2 heterocycles. The predicted molar refractivity (Wildman–Crippen MR) is 135 cm³/mol. The van der Waals surface area contributed by atoms with Gasteiger partial charge in [0.25, 0.3) is 5.91 Å². The smallest absolute Gasteiger partial charge is 0.425 e. The number of ether oxygens (including phenoxy) is 2. The third-order valence-corrected chi connectivity index (χ3v) is 5.24. The van der Waals surface area contributed by atoms with Crippen LogP contribution in [0.4, 0.5) is 34.8 Å². The zero-order chi connectivity index (χ0) is 29.5. The second-order valence-electron chi connectivity index (χ2n) is 8.10. The summed E-state index contributed by atoms with van der Waals surface area (Å²) in [5.74, 6) is -3.91. The van der Waals surface area contributed by atoms with Gasteiger partial charge in [0.05, 0.1) is 12.8 Å². The van der Waals surface area contributed by atoms with Crippen molar-refractivity contribution in [1.82, 2.24) is 14.9 Å². The minimum absolute atomic E-state index is 0.00742. The summed E-state index contributed by atoms with van der Waals surface area (Å²) in [5, 5.41) is 16.7. The molecule has 0 aliphatic rings. The van der Waals surface area contributed by atoms with Crippen LogP contribution >= 0.6 is 0 Å². The number of nitrogens with one attached hydrogen (secondary N) is 1. The fourth-order valence-corrected chi connectivity index (χ4v) is 3.15. The van der Waals surface area contributed by atoms with Gasteiger partial charge in [0.1, 0.15) is 17.9 Å². The van der Waals surface area contributed by atoms with E-state index in [2.05, 4.69) is 20.4 Å². The number of alkyl halides is 3. The number of hydrogen-bond acceptors (Lipinski definition) is 10. The number of halogens is 4. The maximum Gasteiger partial charge on any atom is 0.425 e. The van der Waals surface area contributed by atoms with E-state index >= 15 is 4.39 Å². The van der Waals surface area contributed by atoms with E-state index in [4.69, 9.17) is 9.47 Å². The zero-order valence-electron chi connectivity index (χ0n) is 22.1. The molecule has 0 saturated carbocycles. The summed E-state index contributed by atoms with van der Waals surface area (Å²) in [6.45, 7) is 1.69. The Morgan fingerprint density at radius 1 is 1.28 bits per heavy atom. The lowest BCUT2D eigenvalue weighted by Crippen LogP contribution is -2.34. The maximum atomic E-state index is 15.2. The van der Waals surface area contributed by atoms with E-state index in [1.165, 1.54) is 20.4 Å². The largest absolute Gasteiger partial charge is 0.479 e. The van der Waals surface area contributed by atoms with Gasteiger partial charge in [-0.15, -0.1) is 0 Å². The second kappa shape index (κ2) is 13.0. The number of nitrogens with zero attached hydrogens (tertiary/aromatic N) is 6. The van der Waals surface area contributed by atoms with Crippen LogP contribution in [0.1, 0.15) is 24.2 Å². The summed E-state index contributed by atoms with van der Waals surface area (Å²) < 4.78 is 65.3. The Morgan fingerprint density at radius 2 is 1.95 bits per heavy atom. The molecule has 0 spiro atoms. The van der Waals surface area contributed by atoms with Crippen molar-refractivity contribution in [1.29, 1.82) is 0 Å². The second-order valence-corrected chi connectivity index (χ2v) is 8.10. The first kappa shape index (κ1) is 31.0. The molecule has 2 aromatic rings. The fourth-order valence-electron chi connectivity index (χ4n) is 3.15. The minimum atomic E-state index is -4.84. The van der Waals surface area contributed by atoms with Crippen LogP contribution in [0.25, 0.3) is 0 Å². The Balaban J connectivity index is 2.64. The molecule has 0 radical (unpaired) electrons. The summed E-state index contributed by atoms with van der Waals surface area (Å²) >= 11 is 0. The fraction of sp³-hybridized carbons (Fsp3) is 0.435. The Kier molecular flexibility index (Phi) is 10.4. The number of likely N-dealkylation sites (N-methyl/N-ethyl adjacent to an activating group) is 1. The van der Waals surface area contributed by atoms with E-state index in [0.29, 0.717) is 25.1 Å². The van der Waals surface area contributed by atoms with Crippen LogP contribution in [-0.4, -0.2) is 91.8 Å². The van der Waals surface area contributed by atoms with Crippen LogP contribution in [-0.2, 0) is 4.79 Å². The lowest BCUT2D eigenvalue weighted by atomic mass is 10.2. The van der Waals surface area contributed by atoms with E-state index in [9.17, 15) is 27.9 Å². The average Bonchev–Trinajstić information content (AvgIpc) is 2.88. The van der Waals surface area contributed by atoms with E-state index in [1.54, 1.807) is 32.0 Å². The highest BCUT2D eigenvalue weighted by Gasteiger charge is 2.39. The third kappa shape index (κ3) is 7.43.